The molecule has 102 valence electrons. The van der Waals surface area contributed by atoms with Crippen LogP contribution in [0.1, 0.15) is 30.0 Å². The van der Waals surface area contributed by atoms with Gasteiger partial charge in [-0.25, -0.2) is 0 Å². The van der Waals surface area contributed by atoms with Crippen LogP contribution in [0.4, 0.5) is 13.2 Å². The van der Waals surface area contributed by atoms with Crippen LogP contribution < -0.4 is 5.32 Å². The van der Waals surface area contributed by atoms with Crippen molar-refractivity contribution in [3.8, 4) is 0 Å². The number of aryl methyl sites for hydroxylation is 1. The van der Waals surface area contributed by atoms with Gasteiger partial charge in [-0.1, -0.05) is 25.4 Å². The summed E-state index contributed by atoms with van der Waals surface area (Å²) in [5.41, 5.74) is -1.54. The number of rotatable bonds is 3. The van der Waals surface area contributed by atoms with Gasteiger partial charge in [0.15, 0.2) is 11.4 Å². The van der Waals surface area contributed by atoms with Crippen LogP contribution >= 0.6 is 11.6 Å². The monoisotopic (exact) mass is 283 g/mol. The number of carbonyl (C=O) groups is 1. The molecule has 0 radical (unpaired) electrons. The highest BCUT2D eigenvalue weighted by atomic mass is 35.5. The van der Waals surface area contributed by atoms with Crippen LogP contribution in [0.2, 0.25) is 5.02 Å². The molecule has 0 aliphatic heterocycles. The van der Waals surface area contributed by atoms with Gasteiger partial charge in [-0.15, -0.1) is 0 Å². The van der Waals surface area contributed by atoms with Gasteiger partial charge in [0.05, 0.1) is 0 Å². The van der Waals surface area contributed by atoms with Gasteiger partial charge in [-0.3, -0.25) is 9.48 Å². The molecule has 0 unspecified atom stereocenters. The zero-order chi connectivity index (χ0) is 14.1. The average molecular weight is 284 g/mol. The van der Waals surface area contributed by atoms with E-state index < -0.39 is 28.5 Å². The lowest BCUT2D eigenvalue weighted by atomic mass is 10.2. The van der Waals surface area contributed by atoms with Gasteiger partial charge >= 0.3 is 6.18 Å². The predicted octanol–water partition coefficient (Wildman–Crippen LogP) is 2.48. The molecular weight excluding hydrogens is 271 g/mol. The second kappa shape index (κ2) is 5.17. The van der Waals surface area contributed by atoms with Gasteiger partial charge < -0.3 is 5.32 Å². The molecule has 0 aliphatic carbocycles. The Bertz CT molecular complexity index is 454. The second-order valence-corrected chi connectivity index (χ2v) is 4.61. The zero-order valence-corrected chi connectivity index (χ0v) is 10.9. The first kappa shape index (κ1) is 14.8. The van der Waals surface area contributed by atoms with Gasteiger partial charge in [0.2, 0.25) is 0 Å². The Labute approximate surface area is 107 Å². The van der Waals surface area contributed by atoms with Crippen LogP contribution in [0.25, 0.3) is 0 Å². The fraction of sp³-hybridized carbons (Fsp3) is 0.600. The quantitative estimate of drug-likeness (QED) is 0.926. The topological polar surface area (TPSA) is 46.9 Å². The summed E-state index contributed by atoms with van der Waals surface area (Å²) in [6.45, 7) is 4.07. The fourth-order valence-corrected chi connectivity index (χ4v) is 1.68. The van der Waals surface area contributed by atoms with Crippen molar-refractivity contribution in [2.24, 2.45) is 13.0 Å². The molecule has 18 heavy (non-hydrogen) atoms. The van der Waals surface area contributed by atoms with Crippen LogP contribution in [0.5, 0.6) is 0 Å². The van der Waals surface area contributed by atoms with Crippen molar-refractivity contribution in [1.29, 1.82) is 0 Å². The molecule has 1 aromatic heterocycles. The second-order valence-electron chi connectivity index (χ2n) is 4.24. The highest BCUT2D eigenvalue weighted by Gasteiger charge is 2.39. The predicted molar refractivity (Wildman–Crippen MR) is 60.4 cm³/mol. The standard InChI is InChI=1S/C10H13ClF3N3O/c1-5(2)4-15-9(18)7-6(11)8(10(12,13)14)17(3)16-7/h5H,4H2,1-3H3,(H,15,18). The average Bonchev–Trinajstić information content (AvgIpc) is 2.49. The number of aromatic nitrogens is 2. The Morgan fingerprint density at radius 1 is 1.50 bits per heavy atom. The van der Waals surface area contributed by atoms with E-state index in [9.17, 15) is 18.0 Å². The van der Waals surface area contributed by atoms with Gasteiger partial charge in [-0.05, 0) is 5.92 Å². The van der Waals surface area contributed by atoms with Gasteiger partial charge in [0.25, 0.3) is 5.91 Å². The van der Waals surface area contributed by atoms with E-state index in [1.807, 2.05) is 13.8 Å². The van der Waals surface area contributed by atoms with Crippen LogP contribution in [-0.2, 0) is 13.2 Å². The van der Waals surface area contributed by atoms with Gasteiger partial charge in [0, 0.05) is 13.6 Å². The molecule has 1 amide bonds. The van der Waals surface area contributed by atoms with Crippen molar-refractivity contribution >= 4 is 17.5 Å². The van der Waals surface area contributed by atoms with E-state index in [4.69, 9.17) is 11.6 Å². The summed E-state index contributed by atoms with van der Waals surface area (Å²) in [7, 11) is 1.09. The summed E-state index contributed by atoms with van der Waals surface area (Å²) in [5.74, 6) is -0.529. The molecule has 0 saturated carbocycles. The summed E-state index contributed by atoms with van der Waals surface area (Å²) >= 11 is 5.56. The van der Waals surface area contributed by atoms with Crippen molar-refractivity contribution < 1.29 is 18.0 Å². The lowest BCUT2D eigenvalue weighted by Crippen LogP contribution is -2.28. The summed E-state index contributed by atoms with van der Waals surface area (Å²) < 4.78 is 38.4. The number of nitrogens with one attached hydrogen (secondary N) is 1. The van der Waals surface area contributed by atoms with Crippen LogP contribution in [-0.4, -0.2) is 22.2 Å². The maximum absolute atomic E-state index is 12.6. The lowest BCUT2D eigenvalue weighted by Gasteiger charge is -2.06. The normalized spacial score (nSPS) is 12.0. The highest BCUT2D eigenvalue weighted by molar-refractivity contribution is 6.34. The smallest absolute Gasteiger partial charge is 0.350 e. The van der Waals surface area contributed by atoms with E-state index in [0.717, 1.165) is 7.05 Å². The summed E-state index contributed by atoms with van der Waals surface area (Å²) in [4.78, 5) is 11.6. The van der Waals surface area contributed by atoms with Crippen LogP contribution in [0.15, 0.2) is 0 Å². The molecule has 1 N–H and O–H groups in total. The number of halogens is 4. The number of carbonyl (C=O) groups excluding carboxylic acids is 1. The first-order valence-corrected chi connectivity index (χ1v) is 5.60. The van der Waals surface area contributed by atoms with Crippen molar-refractivity contribution in [2.75, 3.05) is 6.54 Å². The van der Waals surface area contributed by atoms with Crippen molar-refractivity contribution in [3.63, 3.8) is 0 Å². The molecule has 0 spiro atoms. The van der Waals surface area contributed by atoms with E-state index >= 15 is 0 Å². The molecule has 1 heterocycles. The Kier molecular flexibility index (Phi) is 4.26. The molecule has 1 rings (SSSR count). The van der Waals surface area contributed by atoms with Gasteiger partial charge in [-0.2, -0.15) is 18.3 Å². The van der Waals surface area contributed by atoms with E-state index in [-0.39, 0.29) is 5.92 Å². The number of amides is 1. The Morgan fingerprint density at radius 3 is 2.44 bits per heavy atom. The van der Waals surface area contributed by atoms with E-state index in [1.54, 1.807) is 0 Å². The first-order valence-electron chi connectivity index (χ1n) is 5.22. The molecule has 0 bridgehead atoms. The molecule has 0 atom stereocenters. The van der Waals surface area contributed by atoms with E-state index in [1.165, 1.54) is 0 Å². The van der Waals surface area contributed by atoms with Crippen molar-refractivity contribution in [1.82, 2.24) is 15.1 Å². The number of hydrogen-bond acceptors (Lipinski definition) is 2. The van der Waals surface area contributed by atoms with Crippen molar-refractivity contribution in [2.45, 2.75) is 20.0 Å². The zero-order valence-electron chi connectivity index (χ0n) is 10.1. The summed E-state index contributed by atoms with van der Waals surface area (Å²) in [6.07, 6.45) is -4.64. The van der Waals surface area contributed by atoms with Crippen LogP contribution in [0, 0.1) is 5.92 Å². The third-order valence-corrected chi connectivity index (χ3v) is 2.50. The number of hydrogen-bond donors (Lipinski definition) is 1. The molecule has 0 aliphatic rings. The molecule has 8 heteroatoms. The largest absolute Gasteiger partial charge is 0.434 e. The Morgan fingerprint density at radius 2 is 2.06 bits per heavy atom. The Hall–Kier alpha value is -1.24. The summed E-state index contributed by atoms with van der Waals surface area (Å²) in [6, 6.07) is 0. The molecule has 0 aromatic carbocycles. The van der Waals surface area contributed by atoms with E-state index in [0.29, 0.717) is 11.2 Å². The van der Waals surface area contributed by atoms with E-state index in [2.05, 4.69) is 10.4 Å². The van der Waals surface area contributed by atoms with Crippen molar-refractivity contribution in [3.05, 3.63) is 16.4 Å². The maximum atomic E-state index is 12.6. The third kappa shape index (κ3) is 3.16. The first-order chi connectivity index (χ1) is 8.14. The minimum Gasteiger partial charge on any atom is -0.350 e. The molecular formula is C10H13ClF3N3O. The lowest BCUT2D eigenvalue weighted by molar-refractivity contribution is -0.143. The molecule has 0 fully saturated rings. The fourth-order valence-electron chi connectivity index (χ4n) is 1.33. The molecule has 4 nitrogen and oxygen atoms in total. The number of nitrogens with zero attached hydrogens (tertiary/aromatic N) is 2. The van der Waals surface area contributed by atoms with Gasteiger partial charge in [0.1, 0.15) is 5.02 Å². The minimum absolute atomic E-state index is 0.179. The van der Waals surface area contributed by atoms with Crippen LogP contribution in [0.3, 0.4) is 0 Å². The maximum Gasteiger partial charge on any atom is 0.434 e. The minimum atomic E-state index is -4.64. The SMILES string of the molecule is CC(C)CNC(=O)c1nn(C)c(C(F)(F)F)c1Cl. The third-order valence-electron chi connectivity index (χ3n) is 2.14. The highest BCUT2D eigenvalue weighted by Crippen LogP contribution is 2.35. The Balaban J connectivity index is 3.02. The molecule has 0 saturated heterocycles. The summed E-state index contributed by atoms with van der Waals surface area (Å²) in [5, 5.41) is 5.30. The molecule has 1 aromatic rings. The number of alkyl halides is 3.